The molecular weight excluding hydrogens is 330 g/mol. The van der Waals surface area contributed by atoms with E-state index in [-0.39, 0.29) is 5.78 Å². The predicted octanol–water partition coefficient (Wildman–Crippen LogP) is 2.25. The van der Waals surface area contributed by atoms with Crippen LogP contribution in [0.4, 0.5) is 11.4 Å². The molecule has 0 bridgehead atoms. The fourth-order valence-corrected chi connectivity index (χ4v) is 3.31. The molecule has 0 radical (unpaired) electrons. The van der Waals surface area contributed by atoms with E-state index in [0.717, 1.165) is 31.9 Å². The van der Waals surface area contributed by atoms with Gasteiger partial charge < -0.3 is 14.5 Å². The number of carbonyl (C=O) groups is 2. The fraction of sp³-hybridized carbons (Fsp3) is 0.350. The van der Waals surface area contributed by atoms with E-state index in [1.807, 2.05) is 48.8 Å². The summed E-state index contributed by atoms with van der Waals surface area (Å²) in [5.74, 6) is -1.58. The molecule has 1 aromatic heterocycles. The summed E-state index contributed by atoms with van der Waals surface area (Å²) in [6.45, 7) is 5.10. The lowest BCUT2D eigenvalue weighted by atomic mass is 9.95. The second-order valence-corrected chi connectivity index (χ2v) is 6.34. The molecule has 3 rings (SSSR count). The minimum absolute atomic E-state index is 0.212. The van der Waals surface area contributed by atoms with Gasteiger partial charge in [0.15, 0.2) is 0 Å². The number of esters is 1. The quantitative estimate of drug-likeness (QED) is 0.607. The van der Waals surface area contributed by atoms with Crippen molar-refractivity contribution in [1.29, 1.82) is 0 Å². The molecule has 0 spiro atoms. The van der Waals surface area contributed by atoms with Gasteiger partial charge in [0.25, 0.3) is 0 Å². The summed E-state index contributed by atoms with van der Waals surface area (Å²) in [4.78, 5) is 32.3. The van der Waals surface area contributed by atoms with Gasteiger partial charge in [-0.2, -0.15) is 0 Å². The highest BCUT2D eigenvalue weighted by molar-refractivity contribution is 6.03. The molecular formula is C20H23N3O3. The maximum Gasteiger partial charge on any atom is 0.320 e. The molecule has 2 aromatic rings. The molecule has 26 heavy (non-hydrogen) atoms. The zero-order valence-corrected chi connectivity index (χ0v) is 15.1. The average Bonchev–Trinajstić information content (AvgIpc) is 2.69. The van der Waals surface area contributed by atoms with Gasteiger partial charge in [-0.1, -0.05) is 12.1 Å². The minimum Gasteiger partial charge on any atom is -0.468 e. The molecule has 6 nitrogen and oxygen atoms in total. The number of carbonyl (C=O) groups excluding carboxylic acids is 2. The Balaban J connectivity index is 1.66. The number of hydrogen-bond donors (Lipinski definition) is 0. The van der Waals surface area contributed by atoms with Crippen molar-refractivity contribution in [3.8, 4) is 0 Å². The number of pyridine rings is 1. The number of ketones is 1. The zero-order chi connectivity index (χ0) is 18.5. The SMILES string of the molecule is COC(=O)C(C(C)=O)c1ccc(N2CCN(c3ccncc3)CC2)cc1. The molecule has 0 aliphatic carbocycles. The Hall–Kier alpha value is -2.89. The highest BCUT2D eigenvalue weighted by Crippen LogP contribution is 2.24. The van der Waals surface area contributed by atoms with Gasteiger partial charge >= 0.3 is 5.97 Å². The van der Waals surface area contributed by atoms with Gasteiger partial charge in [-0.3, -0.25) is 14.6 Å². The van der Waals surface area contributed by atoms with E-state index in [9.17, 15) is 9.59 Å². The van der Waals surface area contributed by atoms with E-state index >= 15 is 0 Å². The lowest BCUT2D eigenvalue weighted by Gasteiger charge is -2.37. The summed E-state index contributed by atoms with van der Waals surface area (Å²) in [5.41, 5.74) is 2.95. The normalized spacial score (nSPS) is 15.5. The van der Waals surface area contributed by atoms with E-state index in [0.29, 0.717) is 5.56 Å². The Labute approximate surface area is 153 Å². The molecule has 1 unspecified atom stereocenters. The number of aromatic nitrogens is 1. The number of rotatable bonds is 5. The second kappa shape index (κ2) is 7.99. The van der Waals surface area contributed by atoms with Crippen molar-refractivity contribution in [2.75, 3.05) is 43.1 Å². The molecule has 6 heteroatoms. The van der Waals surface area contributed by atoms with Crippen LogP contribution < -0.4 is 9.80 Å². The highest BCUT2D eigenvalue weighted by atomic mass is 16.5. The molecule has 1 saturated heterocycles. The van der Waals surface area contributed by atoms with E-state index in [1.54, 1.807) is 0 Å². The van der Waals surface area contributed by atoms with Crippen LogP contribution in [0.3, 0.4) is 0 Å². The number of Topliss-reactive ketones (excluding diaryl/α,β-unsaturated/α-hetero) is 1. The predicted molar refractivity (Wildman–Crippen MR) is 101 cm³/mol. The van der Waals surface area contributed by atoms with Crippen molar-refractivity contribution < 1.29 is 14.3 Å². The third kappa shape index (κ3) is 3.85. The molecule has 0 amide bonds. The van der Waals surface area contributed by atoms with Crippen LogP contribution in [0.25, 0.3) is 0 Å². The second-order valence-electron chi connectivity index (χ2n) is 6.34. The Morgan fingerprint density at radius 3 is 1.88 bits per heavy atom. The summed E-state index contributed by atoms with van der Waals surface area (Å²) >= 11 is 0. The van der Waals surface area contributed by atoms with E-state index < -0.39 is 11.9 Å². The van der Waals surface area contributed by atoms with E-state index in [1.165, 1.54) is 19.7 Å². The van der Waals surface area contributed by atoms with Gasteiger partial charge in [0.1, 0.15) is 11.7 Å². The first-order valence-electron chi connectivity index (χ1n) is 8.68. The number of hydrogen-bond acceptors (Lipinski definition) is 6. The molecule has 1 atom stereocenters. The first kappa shape index (κ1) is 17.9. The zero-order valence-electron chi connectivity index (χ0n) is 15.1. The molecule has 2 heterocycles. The maximum atomic E-state index is 11.8. The van der Waals surface area contributed by atoms with Crippen molar-refractivity contribution in [2.24, 2.45) is 0 Å². The van der Waals surface area contributed by atoms with Crippen LogP contribution in [-0.4, -0.2) is 50.0 Å². The number of methoxy groups -OCH3 is 1. The molecule has 136 valence electrons. The standard InChI is InChI=1S/C20H23N3O3/c1-15(24)19(20(25)26-2)16-3-5-17(6-4-16)22-11-13-23(14-12-22)18-7-9-21-10-8-18/h3-10,19H,11-14H2,1-2H3. The molecule has 1 fully saturated rings. The number of ether oxygens (including phenoxy) is 1. The number of piperazine rings is 1. The minimum atomic E-state index is -0.849. The van der Waals surface area contributed by atoms with Gasteiger partial charge in [-0.05, 0) is 36.8 Å². The summed E-state index contributed by atoms with van der Waals surface area (Å²) in [6.07, 6.45) is 3.63. The van der Waals surface area contributed by atoms with Gasteiger partial charge in [-0.25, -0.2) is 0 Å². The largest absolute Gasteiger partial charge is 0.468 e. The molecule has 1 aliphatic rings. The lowest BCUT2D eigenvalue weighted by molar-refractivity contribution is -0.145. The Bertz CT molecular complexity index is 754. The summed E-state index contributed by atoms with van der Waals surface area (Å²) in [7, 11) is 1.30. The number of benzene rings is 1. The third-order valence-corrected chi connectivity index (χ3v) is 4.74. The monoisotopic (exact) mass is 353 g/mol. The van der Waals surface area contributed by atoms with Gasteiger partial charge in [0.2, 0.25) is 0 Å². The van der Waals surface area contributed by atoms with Crippen molar-refractivity contribution in [3.05, 3.63) is 54.4 Å². The summed E-state index contributed by atoms with van der Waals surface area (Å²) in [5, 5.41) is 0. The Morgan fingerprint density at radius 1 is 0.923 bits per heavy atom. The van der Waals surface area contributed by atoms with E-state index in [2.05, 4.69) is 14.8 Å². The summed E-state index contributed by atoms with van der Waals surface area (Å²) in [6, 6.07) is 11.7. The van der Waals surface area contributed by atoms with E-state index in [4.69, 9.17) is 4.74 Å². The first-order valence-corrected chi connectivity index (χ1v) is 8.68. The highest BCUT2D eigenvalue weighted by Gasteiger charge is 2.26. The van der Waals surface area contributed by atoms with Gasteiger partial charge in [0.05, 0.1) is 7.11 Å². The van der Waals surface area contributed by atoms with Crippen molar-refractivity contribution in [2.45, 2.75) is 12.8 Å². The molecule has 0 saturated carbocycles. The smallest absolute Gasteiger partial charge is 0.320 e. The van der Waals surface area contributed by atoms with Crippen molar-refractivity contribution in [1.82, 2.24) is 4.98 Å². The van der Waals surface area contributed by atoms with Crippen LogP contribution in [0, 0.1) is 0 Å². The summed E-state index contributed by atoms with van der Waals surface area (Å²) < 4.78 is 4.75. The Morgan fingerprint density at radius 2 is 1.42 bits per heavy atom. The molecule has 1 aromatic carbocycles. The molecule has 1 aliphatic heterocycles. The van der Waals surface area contributed by atoms with Gasteiger partial charge in [-0.15, -0.1) is 0 Å². The average molecular weight is 353 g/mol. The van der Waals surface area contributed by atoms with Crippen molar-refractivity contribution in [3.63, 3.8) is 0 Å². The lowest BCUT2D eigenvalue weighted by Crippen LogP contribution is -2.46. The number of anilines is 2. The van der Waals surface area contributed by atoms with Crippen LogP contribution in [0.2, 0.25) is 0 Å². The molecule has 0 N–H and O–H groups in total. The number of nitrogens with zero attached hydrogens (tertiary/aromatic N) is 3. The topological polar surface area (TPSA) is 62.7 Å². The van der Waals surface area contributed by atoms with Crippen LogP contribution in [0.5, 0.6) is 0 Å². The van der Waals surface area contributed by atoms with Crippen LogP contribution in [0.15, 0.2) is 48.8 Å². The third-order valence-electron chi connectivity index (χ3n) is 4.74. The van der Waals surface area contributed by atoms with Crippen LogP contribution in [-0.2, 0) is 14.3 Å². The maximum absolute atomic E-state index is 11.8. The Kier molecular flexibility index (Phi) is 5.51. The van der Waals surface area contributed by atoms with Crippen molar-refractivity contribution >= 4 is 23.1 Å². The van der Waals surface area contributed by atoms with Crippen LogP contribution in [0.1, 0.15) is 18.4 Å². The van der Waals surface area contributed by atoms with Crippen LogP contribution >= 0.6 is 0 Å². The fourth-order valence-electron chi connectivity index (χ4n) is 3.31. The van der Waals surface area contributed by atoms with Gasteiger partial charge in [0, 0.05) is 49.9 Å². The first-order chi connectivity index (χ1) is 12.6.